The van der Waals surface area contributed by atoms with Gasteiger partial charge in [-0.15, -0.1) is 0 Å². The summed E-state index contributed by atoms with van der Waals surface area (Å²) < 4.78 is 1.15. The fourth-order valence-electron chi connectivity index (χ4n) is 0. The van der Waals surface area contributed by atoms with E-state index in [1.807, 2.05) is 0 Å². The fraction of sp³-hybridized carbons (Fsp3) is 0. The van der Waals surface area contributed by atoms with Crippen LogP contribution in [-0.2, 0) is 0 Å². The van der Waals surface area contributed by atoms with Crippen LogP contribution >= 0.6 is 0 Å². The van der Waals surface area contributed by atoms with E-state index in [0.29, 0.717) is 0 Å². The van der Waals surface area contributed by atoms with Gasteiger partial charge < -0.3 is 0 Å². The minimum atomic E-state index is 1.11. The molecule has 0 spiro atoms. The molecule has 0 saturated carbocycles. The molecule has 0 unspecified atom stereocenters. The van der Waals surface area contributed by atoms with Crippen LogP contribution in [0.15, 0.2) is 22.8 Å². The zero-order chi connectivity index (χ0) is 4.28. The molecule has 0 aromatic rings. The molecule has 0 amide bonds. The Labute approximate surface area is 45.7 Å². The van der Waals surface area contributed by atoms with Gasteiger partial charge in [0, 0.05) is 0 Å². The number of hydrogen-bond donors (Lipinski definition) is 0. The number of hydrogen-bond acceptors (Lipinski definition) is 0. The first-order valence-electron chi connectivity index (χ1n) is 1.34. The second-order valence-electron chi connectivity index (χ2n) is 0.779. The third-order valence-corrected chi connectivity index (χ3v) is 0.935. The van der Waals surface area contributed by atoms with Crippen molar-refractivity contribution in [2.75, 3.05) is 0 Å². The molecule has 0 aliphatic carbocycles. The molecule has 0 aliphatic heterocycles. The van der Waals surface area contributed by atoms with Gasteiger partial charge in [0.05, 0.1) is 0 Å². The molecular formula is C4H6Sn. The second kappa shape index (κ2) is 2.51. The standard InChI is InChI=1S/C4H5.Sn.H/c1-3-4-2;;/h3H,1-2H2;;. The molecular weight excluding hydrogens is 167 g/mol. The van der Waals surface area contributed by atoms with E-state index < -0.39 is 0 Å². The Morgan fingerprint density at radius 2 is 2.00 bits per heavy atom. The molecule has 26 valence electrons. The van der Waals surface area contributed by atoms with Crippen molar-refractivity contribution in [3.05, 3.63) is 22.8 Å². The third kappa shape index (κ3) is 4.28. The molecule has 0 nitrogen and oxygen atoms in total. The van der Waals surface area contributed by atoms with E-state index in [-0.39, 0.29) is 0 Å². The zero-order valence-corrected chi connectivity index (χ0v) is 6.36. The Morgan fingerprint density at radius 3 is 2.00 bits per heavy atom. The first-order chi connectivity index (χ1) is 2.27. The van der Waals surface area contributed by atoms with Crippen molar-refractivity contribution in [3.63, 3.8) is 0 Å². The summed E-state index contributed by atoms with van der Waals surface area (Å²) in [6, 6.07) is 0. The summed E-state index contributed by atoms with van der Waals surface area (Å²) in [5.74, 6) is 0. The summed E-state index contributed by atoms with van der Waals surface area (Å²) in [6.07, 6.45) is 1.78. The summed E-state index contributed by atoms with van der Waals surface area (Å²) in [4.78, 5) is 0. The molecule has 0 saturated heterocycles. The zero-order valence-electron chi connectivity index (χ0n) is 3.07. The summed E-state index contributed by atoms with van der Waals surface area (Å²) in [6.45, 7) is 7.11. The van der Waals surface area contributed by atoms with Gasteiger partial charge in [0.25, 0.3) is 0 Å². The van der Waals surface area contributed by atoms with Crippen molar-refractivity contribution in [1.82, 2.24) is 0 Å². The molecule has 0 fully saturated rings. The van der Waals surface area contributed by atoms with Crippen molar-refractivity contribution in [2.24, 2.45) is 0 Å². The molecule has 0 heterocycles. The summed E-state index contributed by atoms with van der Waals surface area (Å²) in [7, 11) is 0. The normalized spacial score (nSPS) is 6.60. The topological polar surface area (TPSA) is 0 Å². The van der Waals surface area contributed by atoms with E-state index in [1.165, 1.54) is 0 Å². The first kappa shape index (κ1) is 5.28. The van der Waals surface area contributed by atoms with Gasteiger partial charge in [-0.05, 0) is 0 Å². The van der Waals surface area contributed by atoms with Crippen LogP contribution in [0.1, 0.15) is 0 Å². The summed E-state index contributed by atoms with van der Waals surface area (Å²) in [5.41, 5.74) is 0. The Morgan fingerprint density at radius 1 is 1.80 bits per heavy atom. The van der Waals surface area contributed by atoms with Crippen LogP contribution in [-0.4, -0.2) is 22.5 Å². The van der Waals surface area contributed by atoms with Gasteiger partial charge in [0.2, 0.25) is 0 Å². The Balaban J connectivity index is 3.20. The number of allylic oxidation sites excluding steroid dienone is 2. The van der Waals surface area contributed by atoms with Crippen molar-refractivity contribution < 1.29 is 0 Å². The average molecular weight is 173 g/mol. The average Bonchev–Trinajstić information content (AvgIpc) is 1.38. The van der Waals surface area contributed by atoms with Crippen LogP contribution in [0.25, 0.3) is 0 Å². The van der Waals surface area contributed by atoms with E-state index in [1.54, 1.807) is 6.08 Å². The predicted molar refractivity (Wildman–Crippen MR) is 26.5 cm³/mol. The van der Waals surface area contributed by atoms with Crippen molar-refractivity contribution >= 4 is 22.5 Å². The van der Waals surface area contributed by atoms with Crippen LogP contribution in [0.3, 0.4) is 0 Å². The van der Waals surface area contributed by atoms with Gasteiger partial charge in [-0.2, -0.15) is 0 Å². The van der Waals surface area contributed by atoms with E-state index in [9.17, 15) is 0 Å². The molecule has 0 aliphatic rings. The minimum absolute atomic E-state index is 1.11. The SMILES string of the molecule is C=C[C](=C)[SnH]. The van der Waals surface area contributed by atoms with Crippen LogP contribution in [0.5, 0.6) is 0 Å². The molecule has 0 N–H and O–H groups in total. The van der Waals surface area contributed by atoms with Crippen molar-refractivity contribution in [2.45, 2.75) is 0 Å². The Hall–Kier alpha value is 0.279. The van der Waals surface area contributed by atoms with Crippen LogP contribution in [0, 0.1) is 0 Å². The molecule has 2 radical (unpaired) electrons. The van der Waals surface area contributed by atoms with E-state index >= 15 is 0 Å². The Bertz CT molecular complexity index is 54.7. The van der Waals surface area contributed by atoms with Crippen molar-refractivity contribution in [3.8, 4) is 0 Å². The van der Waals surface area contributed by atoms with Gasteiger partial charge in [-0.3, -0.25) is 0 Å². The van der Waals surface area contributed by atoms with Crippen LogP contribution in [0.2, 0.25) is 0 Å². The maximum atomic E-state index is 3.61. The molecule has 0 aromatic carbocycles. The quantitative estimate of drug-likeness (QED) is 0.401. The number of rotatable bonds is 1. The molecule has 5 heavy (non-hydrogen) atoms. The van der Waals surface area contributed by atoms with Gasteiger partial charge >= 0.3 is 45.3 Å². The molecule has 0 rings (SSSR count). The Kier molecular flexibility index (Phi) is 2.65. The maximum absolute atomic E-state index is 3.61. The summed E-state index contributed by atoms with van der Waals surface area (Å²) >= 11 is 1.11. The van der Waals surface area contributed by atoms with Crippen LogP contribution < -0.4 is 0 Å². The van der Waals surface area contributed by atoms with Gasteiger partial charge in [-0.25, -0.2) is 0 Å². The van der Waals surface area contributed by atoms with E-state index in [0.717, 1.165) is 26.1 Å². The molecule has 0 aromatic heterocycles. The fourth-order valence-corrected chi connectivity index (χ4v) is 0. The van der Waals surface area contributed by atoms with Crippen molar-refractivity contribution in [1.29, 1.82) is 0 Å². The monoisotopic (exact) mass is 174 g/mol. The first-order valence-corrected chi connectivity index (χ1v) is 2.99. The molecule has 1 heteroatoms. The van der Waals surface area contributed by atoms with Gasteiger partial charge in [-0.1, -0.05) is 0 Å². The second-order valence-corrected chi connectivity index (χ2v) is 2.90. The molecule has 0 bridgehead atoms. The molecule has 0 atom stereocenters. The predicted octanol–water partition coefficient (Wildman–Crippen LogP) is 0.587. The van der Waals surface area contributed by atoms with E-state index in [2.05, 4.69) is 13.2 Å². The van der Waals surface area contributed by atoms with Gasteiger partial charge in [0.1, 0.15) is 0 Å². The third-order valence-electron chi connectivity index (χ3n) is 0.262. The van der Waals surface area contributed by atoms with Gasteiger partial charge in [0.15, 0.2) is 0 Å². The summed E-state index contributed by atoms with van der Waals surface area (Å²) in [5, 5.41) is 0. The van der Waals surface area contributed by atoms with E-state index in [4.69, 9.17) is 0 Å². The van der Waals surface area contributed by atoms with Crippen LogP contribution in [0.4, 0.5) is 0 Å².